The maximum atomic E-state index is 11.7. The van der Waals surface area contributed by atoms with Gasteiger partial charge in [-0.05, 0) is 27.2 Å². The molecule has 0 aliphatic heterocycles. The first-order chi connectivity index (χ1) is 7.76. The molecule has 0 saturated carbocycles. The van der Waals surface area contributed by atoms with E-state index in [1.165, 1.54) is 4.90 Å². The maximum Gasteiger partial charge on any atom is 0.411 e. The lowest BCUT2D eigenvalue weighted by Crippen LogP contribution is -2.37. The van der Waals surface area contributed by atoms with Crippen LogP contribution in [0.5, 0.6) is 0 Å². The Labute approximate surface area is 102 Å². The summed E-state index contributed by atoms with van der Waals surface area (Å²) in [6, 6.07) is 0. The van der Waals surface area contributed by atoms with E-state index >= 15 is 0 Å². The summed E-state index contributed by atoms with van der Waals surface area (Å²) in [5.41, 5.74) is -0.587. The van der Waals surface area contributed by atoms with Crippen molar-refractivity contribution in [1.29, 1.82) is 0 Å². The van der Waals surface area contributed by atoms with Gasteiger partial charge in [-0.2, -0.15) is 0 Å². The fourth-order valence-electron chi connectivity index (χ4n) is 1.09. The number of hydrogen-bond acceptors (Lipinski definition) is 3. The van der Waals surface area contributed by atoms with Crippen molar-refractivity contribution in [3.05, 3.63) is 0 Å². The molecule has 0 saturated heterocycles. The number of aliphatic carboxylic acids is 1. The largest absolute Gasteiger partial charge is 0.481 e. The van der Waals surface area contributed by atoms with Gasteiger partial charge in [-0.25, -0.2) is 4.79 Å². The number of carboxylic acid groups (broad SMARTS) is 1. The molecule has 17 heavy (non-hydrogen) atoms. The zero-order valence-electron chi connectivity index (χ0n) is 10.5. The first-order valence-electron chi connectivity index (χ1n) is 5.39. The molecule has 0 bridgehead atoms. The molecule has 0 fully saturated rings. The lowest BCUT2D eigenvalue weighted by Gasteiger charge is -2.26. The smallest absolute Gasteiger partial charge is 0.411 e. The molecule has 0 unspecified atom stereocenters. The number of hydrogen-bond donors (Lipinski definition) is 1. The molecule has 0 aromatic carbocycles. The standard InChI is InChI=1S/C12H19NO4/c1-5-8-13(9-6-7-10(14)15)11(16)17-12(2,3)4/h1H,6-9H2,2-4H3,(H,14,15). The average molecular weight is 241 g/mol. The number of amides is 1. The van der Waals surface area contributed by atoms with Crippen LogP contribution in [0.3, 0.4) is 0 Å². The van der Waals surface area contributed by atoms with E-state index < -0.39 is 17.7 Å². The van der Waals surface area contributed by atoms with Crippen LogP contribution in [-0.4, -0.2) is 40.8 Å². The molecule has 0 radical (unpaired) electrons. The number of carbonyl (C=O) groups excluding carboxylic acids is 1. The van der Waals surface area contributed by atoms with E-state index in [-0.39, 0.29) is 19.5 Å². The lowest BCUT2D eigenvalue weighted by molar-refractivity contribution is -0.137. The maximum absolute atomic E-state index is 11.7. The van der Waals surface area contributed by atoms with Crippen LogP contribution in [0.25, 0.3) is 0 Å². The molecule has 0 rings (SSSR count). The number of nitrogens with zero attached hydrogens (tertiary/aromatic N) is 1. The molecular formula is C12H19NO4. The molecule has 5 nitrogen and oxygen atoms in total. The topological polar surface area (TPSA) is 66.8 Å². The highest BCUT2D eigenvalue weighted by Crippen LogP contribution is 2.10. The van der Waals surface area contributed by atoms with Gasteiger partial charge in [0.15, 0.2) is 0 Å². The highest BCUT2D eigenvalue weighted by atomic mass is 16.6. The Hall–Kier alpha value is -1.70. The summed E-state index contributed by atoms with van der Waals surface area (Å²) < 4.78 is 5.15. The van der Waals surface area contributed by atoms with E-state index in [0.29, 0.717) is 6.42 Å². The SMILES string of the molecule is C#CCN(CCCC(=O)O)C(=O)OC(C)(C)C. The molecule has 1 amide bonds. The molecule has 0 aliphatic carbocycles. The van der Waals surface area contributed by atoms with E-state index in [4.69, 9.17) is 16.3 Å². The summed E-state index contributed by atoms with van der Waals surface area (Å²) in [7, 11) is 0. The Balaban J connectivity index is 4.27. The molecule has 1 N–H and O–H groups in total. The van der Waals surface area contributed by atoms with Crippen LogP contribution < -0.4 is 0 Å². The van der Waals surface area contributed by atoms with Gasteiger partial charge in [-0.15, -0.1) is 6.42 Å². The number of carboxylic acids is 1. The van der Waals surface area contributed by atoms with Crippen LogP contribution in [0.2, 0.25) is 0 Å². The molecule has 0 spiro atoms. The van der Waals surface area contributed by atoms with E-state index in [0.717, 1.165) is 0 Å². The predicted octanol–water partition coefficient (Wildman–Crippen LogP) is 1.72. The van der Waals surface area contributed by atoms with Crippen LogP contribution in [-0.2, 0) is 9.53 Å². The average Bonchev–Trinajstić information content (AvgIpc) is 2.13. The van der Waals surface area contributed by atoms with Crippen molar-refractivity contribution in [3.63, 3.8) is 0 Å². The molecule has 0 aliphatic rings. The van der Waals surface area contributed by atoms with Crippen LogP contribution in [0.1, 0.15) is 33.6 Å². The summed E-state index contributed by atoms with van der Waals surface area (Å²) in [5.74, 6) is 1.46. The van der Waals surface area contributed by atoms with Gasteiger partial charge in [0, 0.05) is 13.0 Å². The minimum Gasteiger partial charge on any atom is -0.481 e. The molecule has 5 heteroatoms. The van der Waals surface area contributed by atoms with Crippen molar-refractivity contribution in [2.45, 2.75) is 39.2 Å². The quantitative estimate of drug-likeness (QED) is 0.744. The summed E-state index contributed by atoms with van der Waals surface area (Å²) in [4.78, 5) is 23.4. The number of carbonyl (C=O) groups is 2. The summed E-state index contributed by atoms with van der Waals surface area (Å²) in [5, 5.41) is 8.51. The number of rotatable bonds is 5. The van der Waals surface area contributed by atoms with Gasteiger partial charge in [-0.1, -0.05) is 5.92 Å². The molecule has 96 valence electrons. The molecule has 0 aromatic heterocycles. The van der Waals surface area contributed by atoms with Gasteiger partial charge in [0.25, 0.3) is 0 Å². The minimum atomic E-state index is -0.894. The third kappa shape index (κ3) is 8.14. The number of terminal acetylenes is 1. The Morgan fingerprint density at radius 3 is 2.41 bits per heavy atom. The van der Waals surface area contributed by atoms with Gasteiger partial charge in [0.05, 0.1) is 6.54 Å². The van der Waals surface area contributed by atoms with Gasteiger partial charge < -0.3 is 9.84 Å². The normalized spacial score (nSPS) is 10.5. The number of ether oxygens (including phenoxy) is 1. The molecule has 0 aromatic rings. The van der Waals surface area contributed by atoms with Crippen molar-refractivity contribution in [2.75, 3.05) is 13.1 Å². The molecular weight excluding hydrogens is 222 g/mol. The van der Waals surface area contributed by atoms with Crippen LogP contribution >= 0.6 is 0 Å². The van der Waals surface area contributed by atoms with E-state index in [1.807, 2.05) is 0 Å². The Morgan fingerprint density at radius 1 is 1.41 bits per heavy atom. The Kier molecular flexibility index (Phi) is 6.11. The minimum absolute atomic E-state index is 0.00384. The third-order valence-electron chi connectivity index (χ3n) is 1.75. The highest BCUT2D eigenvalue weighted by molar-refractivity contribution is 5.69. The first-order valence-corrected chi connectivity index (χ1v) is 5.39. The van der Waals surface area contributed by atoms with Gasteiger partial charge in [0.2, 0.25) is 0 Å². The van der Waals surface area contributed by atoms with Crippen LogP contribution in [0.4, 0.5) is 4.79 Å². The predicted molar refractivity (Wildman–Crippen MR) is 63.5 cm³/mol. The van der Waals surface area contributed by atoms with Crippen molar-refractivity contribution in [1.82, 2.24) is 4.90 Å². The second-order valence-electron chi connectivity index (χ2n) is 4.60. The van der Waals surface area contributed by atoms with Crippen molar-refractivity contribution < 1.29 is 19.4 Å². The van der Waals surface area contributed by atoms with E-state index in [1.54, 1.807) is 20.8 Å². The van der Waals surface area contributed by atoms with Gasteiger partial charge >= 0.3 is 12.1 Å². The zero-order valence-corrected chi connectivity index (χ0v) is 10.5. The van der Waals surface area contributed by atoms with Gasteiger partial charge in [-0.3, -0.25) is 9.69 Å². The fourth-order valence-corrected chi connectivity index (χ4v) is 1.09. The Morgan fingerprint density at radius 2 is 2.00 bits per heavy atom. The van der Waals surface area contributed by atoms with Crippen molar-refractivity contribution in [2.24, 2.45) is 0 Å². The summed E-state index contributed by atoms with van der Waals surface area (Å²) in [6.45, 7) is 5.68. The lowest BCUT2D eigenvalue weighted by atomic mass is 10.2. The van der Waals surface area contributed by atoms with Crippen molar-refractivity contribution >= 4 is 12.1 Å². The zero-order chi connectivity index (χ0) is 13.5. The van der Waals surface area contributed by atoms with Crippen molar-refractivity contribution in [3.8, 4) is 12.3 Å². The van der Waals surface area contributed by atoms with Crippen LogP contribution in [0, 0.1) is 12.3 Å². The second-order valence-corrected chi connectivity index (χ2v) is 4.60. The third-order valence-corrected chi connectivity index (χ3v) is 1.75. The summed E-state index contributed by atoms with van der Waals surface area (Å²) in [6.07, 6.45) is 4.99. The van der Waals surface area contributed by atoms with Gasteiger partial charge in [0.1, 0.15) is 5.60 Å². The first kappa shape index (κ1) is 15.3. The highest BCUT2D eigenvalue weighted by Gasteiger charge is 2.21. The van der Waals surface area contributed by atoms with E-state index in [2.05, 4.69) is 5.92 Å². The Bertz CT molecular complexity index is 311. The van der Waals surface area contributed by atoms with E-state index in [9.17, 15) is 9.59 Å². The fraction of sp³-hybridized carbons (Fsp3) is 0.667. The second kappa shape index (κ2) is 6.79. The summed E-state index contributed by atoms with van der Waals surface area (Å²) >= 11 is 0. The molecule has 0 heterocycles. The molecule has 0 atom stereocenters. The monoisotopic (exact) mass is 241 g/mol. The van der Waals surface area contributed by atoms with Crippen LogP contribution in [0.15, 0.2) is 0 Å².